The van der Waals surface area contributed by atoms with Crippen LogP contribution < -0.4 is 11.1 Å². The SMILES string of the molecule is CC(C)c1ccc(S(=O)CC(=O)NCCN)cc1. The van der Waals surface area contributed by atoms with E-state index in [0.29, 0.717) is 23.9 Å². The number of carbonyl (C=O) groups excluding carboxylic acids is 1. The first-order valence-electron chi connectivity index (χ1n) is 5.99. The highest BCUT2D eigenvalue weighted by atomic mass is 32.2. The van der Waals surface area contributed by atoms with E-state index in [2.05, 4.69) is 19.2 Å². The van der Waals surface area contributed by atoms with Gasteiger partial charge in [-0.05, 0) is 23.6 Å². The fraction of sp³-hybridized carbons (Fsp3) is 0.462. The lowest BCUT2D eigenvalue weighted by Crippen LogP contribution is -2.32. The molecule has 0 aliphatic rings. The van der Waals surface area contributed by atoms with Gasteiger partial charge in [0.15, 0.2) is 0 Å². The summed E-state index contributed by atoms with van der Waals surface area (Å²) in [5, 5.41) is 2.61. The van der Waals surface area contributed by atoms with Crippen molar-refractivity contribution in [2.45, 2.75) is 24.7 Å². The number of carbonyl (C=O) groups is 1. The number of rotatable bonds is 6. The molecule has 4 nitrogen and oxygen atoms in total. The van der Waals surface area contributed by atoms with Crippen molar-refractivity contribution in [3.63, 3.8) is 0 Å². The van der Waals surface area contributed by atoms with Crippen molar-refractivity contribution in [2.24, 2.45) is 5.73 Å². The topological polar surface area (TPSA) is 72.2 Å². The Balaban J connectivity index is 2.59. The minimum Gasteiger partial charge on any atom is -0.354 e. The molecule has 3 N–H and O–H groups in total. The third kappa shape index (κ3) is 4.58. The summed E-state index contributed by atoms with van der Waals surface area (Å²) in [7, 11) is -1.29. The Kier molecular flexibility index (Phi) is 6.01. The number of hydrogen-bond acceptors (Lipinski definition) is 3. The monoisotopic (exact) mass is 268 g/mol. The lowest BCUT2D eigenvalue weighted by atomic mass is 10.0. The van der Waals surface area contributed by atoms with Gasteiger partial charge >= 0.3 is 0 Å². The zero-order valence-corrected chi connectivity index (χ0v) is 11.6. The minimum absolute atomic E-state index is 0.0129. The normalized spacial score (nSPS) is 12.4. The molecule has 0 saturated carbocycles. The molecule has 0 aliphatic carbocycles. The fourth-order valence-corrected chi connectivity index (χ4v) is 2.42. The fourth-order valence-electron chi connectivity index (χ4n) is 1.47. The molecule has 0 aliphatic heterocycles. The van der Waals surface area contributed by atoms with Crippen LogP contribution in [0, 0.1) is 0 Å². The average molecular weight is 268 g/mol. The molecule has 100 valence electrons. The van der Waals surface area contributed by atoms with Crippen LogP contribution in [-0.2, 0) is 15.6 Å². The van der Waals surface area contributed by atoms with E-state index in [9.17, 15) is 9.00 Å². The van der Waals surface area contributed by atoms with Gasteiger partial charge in [0.05, 0.1) is 10.8 Å². The number of nitrogens with one attached hydrogen (secondary N) is 1. The van der Waals surface area contributed by atoms with Gasteiger partial charge in [0.25, 0.3) is 0 Å². The second-order valence-corrected chi connectivity index (χ2v) is 5.80. The molecule has 1 amide bonds. The minimum atomic E-state index is -1.29. The standard InChI is InChI=1S/C13H20N2O2S/c1-10(2)11-3-5-12(6-4-11)18(17)9-13(16)15-8-7-14/h3-6,10H,7-9,14H2,1-2H3,(H,15,16). The van der Waals surface area contributed by atoms with Crippen molar-refractivity contribution < 1.29 is 9.00 Å². The second kappa shape index (κ2) is 7.28. The molecule has 0 aromatic heterocycles. The molecule has 1 aromatic carbocycles. The van der Waals surface area contributed by atoms with Gasteiger partial charge in [-0.2, -0.15) is 0 Å². The summed E-state index contributed by atoms with van der Waals surface area (Å²) >= 11 is 0. The van der Waals surface area contributed by atoms with Crippen molar-refractivity contribution in [1.29, 1.82) is 0 Å². The molecule has 0 heterocycles. The molecule has 1 atom stereocenters. The zero-order chi connectivity index (χ0) is 13.5. The highest BCUT2D eigenvalue weighted by Crippen LogP contribution is 2.16. The van der Waals surface area contributed by atoms with Crippen LogP contribution in [0.25, 0.3) is 0 Å². The number of benzene rings is 1. The predicted octanol–water partition coefficient (Wildman–Crippen LogP) is 0.993. The Morgan fingerprint density at radius 1 is 1.33 bits per heavy atom. The Labute approximate surface area is 110 Å². The Bertz CT molecular complexity index is 416. The van der Waals surface area contributed by atoms with E-state index in [-0.39, 0.29) is 11.7 Å². The molecule has 0 bridgehead atoms. The van der Waals surface area contributed by atoms with Gasteiger partial charge in [-0.1, -0.05) is 26.0 Å². The summed E-state index contributed by atoms with van der Waals surface area (Å²) in [5.74, 6) is 0.202. The van der Waals surface area contributed by atoms with E-state index in [1.165, 1.54) is 5.56 Å². The summed E-state index contributed by atoms with van der Waals surface area (Å²) in [6.07, 6.45) is 0. The first kappa shape index (κ1) is 14.9. The van der Waals surface area contributed by atoms with Crippen molar-refractivity contribution in [3.05, 3.63) is 29.8 Å². The number of amides is 1. The molecule has 1 aromatic rings. The average Bonchev–Trinajstić information content (AvgIpc) is 2.36. The maximum atomic E-state index is 11.9. The molecule has 5 heteroatoms. The molecule has 0 saturated heterocycles. The molecule has 0 spiro atoms. The van der Waals surface area contributed by atoms with Crippen molar-refractivity contribution in [1.82, 2.24) is 5.32 Å². The van der Waals surface area contributed by atoms with E-state index in [4.69, 9.17) is 5.73 Å². The molecule has 0 fully saturated rings. The highest BCUT2D eigenvalue weighted by Gasteiger charge is 2.10. The van der Waals surface area contributed by atoms with Crippen molar-refractivity contribution >= 4 is 16.7 Å². The van der Waals surface area contributed by atoms with E-state index in [0.717, 1.165) is 0 Å². The smallest absolute Gasteiger partial charge is 0.233 e. The van der Waals surface area contributed by atoms with E-state index in [1.54, 1.807) is 0 Å². The molecule has 18 heavy (non-hydrogen) atoms. The Morgan fingerprint density at radius 3 is 2.44 bits per heavy atom. The van der Waals surface area contributed by atoms with E-state index in [1.807, 2.05) is 24.3 Å². The Hall–Kier alpha value is -1.20. The zero-order valence-electron chi connectivity index (χ0n) is 10.8. The van der Waals surface area contributed by atoms with Crippen molar-refractivity contribution in [3.8, 4) is 0 Å². The lowest BCUT2D eigenvalue weighted by molar-refractivity contribution is -0.118. The summed E-state index contributed by atoms with van der Waals surface area (Å²) < 4.78 is 11.9. The van der Waals surface area contributed by atoms with Crippen LogP contribution in [0.3, 0.4) is 0 Å². The molecular formula is C13H20N2O2S. The lowest BCUT2D eigenvalue weighted by Gasteiger charge is -2.07. The van der Waals surface area contributed by atoms with Gasteiger partial charge in [0.1, 0.15) is 5.75 Å². The molecule has 1 rings (SSSR count). The molecule has 1 unspecified atom stereocenters. The van der Waals surface area contributed by atoms with Crippen LogP contribution in [-0.4, -0.2) is 29.0 Å². The molecule has 0 radical (unpaired) electrons. The summed E-state index contributed by atoms with van der Waals surface area (Å²) in [6, 6.07) is 7.55. The first-order valence-corrected chi connectivity index (χ1v) is 7.31. The Morgan fingerprint density at radius 2 is 1.94 bits per heavy atom. The maximum absolute atomic E-state index is 11.9. The number of hydrogen-bond donors (Lipinski definition) is 2. The van der Waals surface area contributed by atoms with Crippen LogP contribution in [0.2, 0.25) is 0 Å². The summed E-state index contributed by atoms with van der Waals surface area (Å²) in [4.78, 5) is 12.1. The van der Waals surface area contributed by atoms with Gasteiger partial charge < -0.3 is 11.1 Å². The largest absolute Gasteiger partial charge is 0.354 e. The van der Waals surface area contributed by atoms with Gasteiger partial charge in [-0.15, -0.1) is 0 Å². The second-order valence-electron chi connectivity index (χ2n) is 4.35. The van der Waals surface area contributed by atoms with Crippen LogP contribution in [0.15, 0.2) is 29.2 Å². The van der Waals surface area contributed by atoms with Crippen LogP contribution in [0.5, 0.6) is 0 Å². The molecular weight excluding hydrogens is 248 g/mol. The van der Waals surface area contributed by atoms with Crippen molar-refractivity contribution in [2.75, 3.05) is 18.8 Å². The van der Waals surface area contributed by atoms with Crippen LogP contribution in [0.1, 0.15) is 25.3 Å². The van der Waals surface area contributed by atoms with Crippen LogP contribution >= 0.6 is 0 Å². The third-order valence-corrected chi connectivity index (χ3v) is 3.86. The van der Waals surface area contributed by atoms with E-state index < -0.39 is 10.8 Å². The van der Waals surface area contributed by atoms with E-state index >= 15 is 0 Å². The first-order chi connectivity index (χ1) is 8.54. The van der Waals surface area contributed by atoms with Gasteiger partial charge in [-0.3, -0.25) is 9.00 Å². The summed E-state index contributed by atoms with van der Waals surface area (Å²) in [5.41, 5.74) is 6.47. The highest BCUT2D eigenvalue weighted by molar-refractivity contribution is 7.85. The third-order valence-electron chi connectivity index (χ3n) is 2.54. The van der Waals surface area contributed by atoms with Gasteiger partial charge in [0, 0.05) is 18.0 Å². The van der Waals surface area contributed by atoms with Crippen LogP contribution in [0.4, 0.5) is 0 Å². The van der Waals surface area contributed by atoms with Gasteiger partial charge in [0.2, 0.25) is 5.91 Å². The quantitative estimate of drug-likeness (QED) is 0.808. The predicted molar refractivity (Wildman–Crippen MR) is 73.9 cm³/mol. The maximum Gasteiger partial charge on any atom is 0.233 e. The number of nitrogens with two attached hydrogens (primary N) is 1. The van der Waals surface area contributed by atoms with Gasteiger partial charge in [-0.25, -0.2) is 0 Å². The summed E-state index contributed by atoms with van der Waals surface area (Å²) in [6.45, 7) is 5.02.